The highest BCUT2D eigenvalue weighted by Gasteiger charge is 2.12. The van der Waals surface area contributed by atoms with Crippen molar-refractivity contribution in [3.63, 3.8) is 0 Å². The average molecular weight is 253 g/mol. The van der Waals surface area contributed by atoms with E-state index in [1.54, 1.807) is 6.07 Å². The van der Waals surface area contributed by atoms with E-state index in [9.17, 15) is 4.39 Å². The van der Waals surface area contributed by atoms with Crippen LogP contribution in [0.25, 0.3) is 0 Å². The Labute approximate surface area is 110 Å². The van der Waals surface area contributed by atoms with Crippen LogP contribution in [-0.4, -0.2) is 18.7 Å². The first-order valence-electron chi connectivity index (χ1n) is 6.69. The smallest absolute Gasteiger partial charge is 0.126 e. The molecule has 1 aromatic carbocycles. The van der Waals surface area contributed by atoms with Crippen molar-refractivity contribution < 1.29 is 9.13 Å². The molecule has 1 unspecified atom stereocenters. The van der Waals surface area contributed by atoms with Gasteiger partial charge in [-0.25, -0.2) is 4.39 Å². The molecule has 0 fully saturated rings. The second kappa shape index (κ2) is 7.37. The minimum absolute atomic E-state index is 0.0953. The molecule has 1 aromatic rings. The highest BCUT2D eigenvalue weighted by atomic mass is 19.1. The molecule has 0 aliphatic rings. The predicted octanol–water partition coefficient (Wildman–Crippen LogP) is 3.68. The van der Waals surface area contributed by atoms with Gasteiger partial charge >= 0.3 is 0 Å². The van der Waals surface area contributed by atoms with Crippen LogP contribution in [0.4, 0.5) is 4.39 Å². The molecule has 0 aromatic heterocycles. The van der Waals surface area contributed by atoms with Crippen molar-refractivity contribution in [2.45, 2.75) is 52.7 Å². The molecule has 0 aliphatic heterocycles. The topological polar surface area (TPSA) is 21.3 Å². The molecule has 0 amide bonds. The molecule has 2 nitrogen and oxygen atoms in total. The molecule has 0 heterocycles. The first-order chi connectivity index (χ1) is 8.52. The van der Waals surface area contributed by atoms with Crippen LogP contribution in [0.3, 0.4) is 0 Å². The number of rotatable bonds is 7. The third-order valence-corrected chi connectivity index (χ3v) is 2.81. The quantitative estimate of drug-likeness (QED) is 0.800. The van der Waals surface area contributed by atoms with E-state index >= 15 is 0 Å². The average Bonchev–Trinajstić information content (AvgIpc) is 2.31. The van der Waals surface area contributed by atoms with E-state index in [0.29, 0.717) is 11.8 Å². The maximum atomic E-state index is 13.2. The largest absolute Gasteiger partial charge is 0.489 e. The fourth-order valence-electron chi connectivity index (χ4n) is 1.77. The lowest BCUT2D eigenvalue weighted by Gasteiger charge is -2.21. The van der Waals surface area contributed by atoms with Gasteiger partial charge in [-0.1, -0.05) is 33.3 Å². The van der Waals surface area contributed by atoms with Crippen LogP contribution in [0.1, 0.15) is 39.2 Å². The first kappa shape index (κ1) is 15.0. The minimum Gasteiger partial charge on any atom is -0.489 e. The molecule has 0 radical (unpaired) electrons. The van der Waals surface area contributed by atoms with Gasteiger partial charge < -0.3 is 10.1 Å². The van der Waals surface area contributed by atoms with Crippen molar-refractivity contribution >= 4 is 0 Å². The van der Waals surface area contributed by atoms with Gasteiger partial charge in [-0.15, -0.1) is 0 Å². The number of aryl methyl sites for hydroxylation is 1. The van der Waals surface area contributed by atoms with Crippen LogP contribution >= 0.6 is 0 Å². The lowest BCUT2D eigenvalue weighted by atomic mass is 10.1. The van der Waals surface area contributed by atoms with Gasteiger partial charge in [-0.3, -0.25) is 0 Å². The second-order valence-corrected chi connectivity index (χ2v) is 5.00. The summed E-state index contributed by atoms with van der Waals surface area (Å²) >= 11 is 0. The highest BCUT2D eigenvalue weighted by Crippen LogP contribution is 2.21. The molecule has 1 N–H and O–H groups in total. The molecule has 3 heteroatoms. The molecule has 0 bridgehead atoms. The summed E-state index contributed by atoms with van der Waals surface area (Å²) in [4.78, 5) is 0. The van der Waals surface area contributed by atoms with E-state index < -0.39 is 0 Å². The third-order valence-electron chi connectivity index (χ3n) is 2.81. The van der Waals surface area contributed by atoms with Gasteiger partial charge in [0.2, 0.25) is 0 Å². The van der Waals surface area contributed by atoms with Crippen LogP contribution in [0.15, 0.2) is 18.2 Å². The predicted molar refractivity (Wildman–Crippen MR) is 73.6 cm³/mol. The summed E-state index contributed by atoms with van der Waals surface area (Å²) in [6.45, 7) is 9.08. The molecule has 1 atom stereocenters. The Morgan fingerprint density at radius 1 is 1.33 bits per heavy atom. The highest BCUT2D eigenvalue weighted by molar-refractivity contribution is 5.32. The number of ether oxygens (including phenoxy) is 1. The van der Waals surface area contributed by atoms with Crippen LogP contribution < -0.4 is 10.1 Å². The van der Waals surface area contributed by atoms with E-state index in [1.165, 1.54) is 12.1 Å². The Balaban J connectivity index is 2.66. The molecule has 18 heavy (non-hydrogen) atoms. The van der Waals surface area contributed by atoms with Crippen LogP contribution in [0.2, 0.25) is 0 Å². The maximum Gasteiger partial charge on any atom is 0.126 e. The van der Waals surface area contributed by atoms with Gasteiger partial charge in [-0.05, 0) is 25.0 Å². The van der Waals surface area contributed by atoms with E-state index in [0.717, 1.165) is 24.9 Å². The number of halogens is 1. The molecule has 1 rings (SSSR count). The van der Waals surface area contributed by atoms with E-state index in [-0.39, 0.29) is 11.9 Å². The maximum absolute atomic E-state index is 13.2. The van der Waals surface area contributed by atoms with Gasteiger partial charge in [0, 0.05) is 18.7 Å². The standard InChI is InChI=1S/C15H24FNO/c1-5-6-14(10-17-11(2)3)18-15-9-13(16)8-7-12(15)4/h7-9,11,14,17H,5-6,10H2,1-4H3. The SMILES string of the molecule is CCCC(CNC(C)C)Oc1cc(F)ccc1C. The van der Waals surface area contributed by atoms with E-state index in [4.69, 9.17) is 4.74 Å². The second-order valence-electron chi connectivity index (χ2n) is 5.00. The normalized spacial score (nSPS) is 12.8. The number of nitrogens with one attached hydrogen (secondary N) is 1. The van der Waals surface area contributed by atoms with E-state index in [1.807, 2.05) is 6.92 Å². The molecular weight excluding hydrogens is 229 g/mol. The number of hydrogen-bond acceptors (Lipinski definition) is 2. The zero-order chi connectivity index (χ0) is 13.5. The van der Waals surface area contributed by atoms with E-state index in [2.05, 4.69) is 26.1 Å². The molecular formula is C15H24FNO. The summed E-state index contributed by atoms with van der Waals surface area (Å²) in [5.41, 5.74) is 0.974. The molecule has 0 saturated carbocycles. The summed E-state index contributed by atoms with van der Waals surface area (Å²) in [6, 6.07) is 5.11. The van der Waals surface area contributed by atoms with Gasteiger partial charge in [0.1, 0.15) is 17.7 Å². The van der Waals surface area contributed by atoms with Crippen molar-refractivity contribution in [1.29, 1.82) is 0 Å². The first-order valence-corrected chi connectivity index (χ1v) is 6.69. The number of hydrogen-bond donors (Lipinski definition) is 1. The van der Waals surface area contributed by atoms with Crippen molar-refractivity contribution in [3.8, 4) is 5.75 Å². The Bertz CT molecular complexity index is 366. The fourth-order valence-corrected chi connectivity index (χ4v) is 1.77. The van der Waals surface area contributed by atoms with Gasteiger partial charge in [-0.2, -0.15) is 0 Å². The summed E-state index contributed by atoms with van der Waals surface area (Å²) in [7, 11) is 0. The Morgan fingerprint density at radius 3 is 2.67 bits per heavy atom. The van der Waals surface area contributed by atoms with Crippen molar-refractivity contribution in [2.75, 3.05) is 6.54 Å². The summed E-state index contributed by atoms with van der Waals surface area (Å²) < 4.78 is 19.1. The summed E-state index contributed by atoms with van der Waals surface area (Å²) in [5, 5.41) is 3.37. The third kappa shape index (κ3) is 5.05. The Kier molecular flexibility index (Phi) is 6.13. The fraction of sp³-hybridized carbons (Fsp3) is 0.600. The summed E-state index contributed by atoms with van der Waals surface area (Å²) in [5.74, 6) is 0.404. The molecule has 0 spiro atoms. The lowest BCUT2D eigenvalue weighted by molar-refractivity contribution is 0.181. The Hall–Kier alpha value is -1.09. The van der Waals surface area contributed by atoms with Crippen molar-refractivity contribution in [1.82, 2.24) is 5.32 Å². The minimum atomic E-state index is -0.248. The molecule has 0 saturated heterocycles. The Morgan fingerprint density at radius 2 is 2.06 bits per heavy atom. The van der Waals surface area contributed by atoms with Crippen molar-refractivity contribution in [3.05, 3.63) is 29.6 Å². The van der Waals surface area contributed by atoms with Gasteiger partial charge in [0.15, 0.2) is 0 Å². The van der Waals surface area contributed by atoms with Gasteiger partial charge in [0.25, 0.3) is 0 Å². The lowest BCUT2D eigenvalue weighted by Crippen LogP contribution is -2.35. The zero-order valence-electron chi connectivity index (χ0n) is 11.8. The molecule has 102 valence electrons. The zero-order valence-corrected chi connectivity index (χ0v) is 11.8. The van der Waals surface area contributed by atoms with Gasteiger partial charge in [0.05, 0.1) is 0 Å². The number of benzene rings is 1. The van der Waals surface area contributed by atoms with Crippen LogP contribution in [-0.2, 0) is 0 Å². The van der Waals surface area contributed by atoms with Crippen molar-refractivity contribution in [2.24, 2.45) is 0 Å². The monoisotopic (exact) mass is 253 g/mol. The van der Waals surface area contributed by atoms with Crippen LogP contribution in [0.5, 0.6) is 5.75 Å². The van der Waals surface area contributed by atoms with Crippen LogP contribution in [0, 0.1) is 12.7 Å². The summed E-state index contributed by atoms with van der Waals surface area (Å²) in [6.07, 6.45) is 2.12. The molecule has 0 aliphatic carbocycles.